The minimum Gasteiger partial charge on any atom is -0.479 e. The van der Waals surface area contributed by atoms with Crippen LogP contribution in [0.5, 0.6) is 0 Å². The minimum atomic E-state index is -1.03. The van der Waals surface area contributed by atoms with Crippen LogP contribution in [0.1, 0.15) is 18.4 Å². The number of hydrogen-bond acceptors (Lipinski definition) is 4. The van der Waals surface area contributed by atoms with E-state index in [0.717, 1.165) is 10.0 Å². The van der Waals surface area contributed by atoms with E-state index in [0.29, 0.717) is 25.1 Å². The smallest absolute Gasteiger partial charge is 0.332 e. The molecule has 1 aliphatic rings. The first kappa shape index (κ1) is 15.9. The Kier molecular flexibility index (Phi) is 5.33. The number of carbonyl (C=O) groups excluding carboxylic acids is 1. The van der Waals surface area contributed by atoms with E-state index in [1.807, 2.05) is 6.07 Å². The van der Waals surface area contributed by atoms with Crippen LogP contribution in [-0.4, -0.2) is 36.3 Å². The highest BCUT2D eigenvalue weighted by Crippen LogP contribution is 2.27. The van der Waals surface area contributed by atoms with Gasteiger partial charge in [-0.25, -0.2) is 4.79 Å². The highest BCUT2D eigenvalue weighted by Gasteiger charge is 2.34. The molecule has 0 bridgehead atoms. The van der Waals surface area contributed by atoms with Crippen LogP contribution < -0.4 is 5.32 Å². The molecule has 0 radical (unpaired) electrons. The maximum atomic E-state index is 12.2. The predicted molar refractivity (Wildman–Crippen MR) is 79.0 cm³/mol. The first-order chi connectivity index (χ1) is 10.0. The van der Waals surface area contributed by atoms with Crippen LogP contribution in [0.25, 0.3) is 0 Å². The van der Waals surface area contributed by atoms with Crippen LogP contribution in [-0.2, 0) is 25.7 Å². The van der Waals surface area contributed by atoms with Crippen LogP contribution in [0.4, 0.5) is 5.69 Å². The second-order valence-corrected chi connectivity index (χ2v) is 5.57. The van der Waals surface area contributed by atoms with E-state index in [9.17, 15) is 9.59 Å². The summed E-state index contributed by atoms with van der Waals surface area (Å²) in [4.78, 5) is 23.0. The monoisotopic (exact) mass is 357 g/mol. The van der Waals surface area contributed by atoms with E-state index in [4.69, 9.17) is 14.6 Å². The fraction of sp³-hybridized carbons (Fsp3) is 0.429. The highest BCUT2D eigenvalue weighted by molar-refractivity contribution is 9.10. The predicted octanol–water partition coefficient (Wildman–Crippen LogP) is 2.17. The summed E-state index contributed by atoms with van der Waals surface area (Å²) in [7, 11) is 1.57. The Balaban J connectivity index is 2.07. The molecule has 1 aromatic carbocycles. The Morgan fingerprint density at radius 1 is 1.43 bits per heavy atom. The molecule has 2 unspecified atom stereocenters. The van der Waals surface area contributed by atoms with Gasteiger partial charge in [0.25, 0.3) is 5.91 Å². The zero-order valence-corrected chi connectivity index (χ0v) is 13.1. The van der Waals surface area contributed by atoms with E-state index >= 15 is 0 Å². The summed E-state index contributed by atoms with van der Waals surface area (Å²) in [6, 6.07) is 5.42. The first-order valence-corrected chi connectivity index (χ1v) is 7.27. The summed E-state index contributed by atoms with van der Waals surface area (Å²) in [5.74, 6) is -1.37. The maximum Gasteiger partial charge on any atom is 0.332 e. The fourth-order valence-electron chi connectivity index (χ4n) is 2.19. The molecule has 1 fully saturated rings. The van der Waals surface area contributed by atoms with E-state index in [1.54, 1.807) is 19.2 Å². The zero-order chi connectivity index (χ0) is 15.4. The number of halogens is 1. The Bertz CT molecular complexity index is 548. The number of aliphatic carboxylic acids is 1. The quantitative estimate of drug-likeness (QED) is 0.843. The van der Waals surface area contributed by atoms with Gasteiger partial charge in [0.1, 0.15) is 6.10 Å². The average molecular weight is 358 g/mol. The summed E-state index contributed by atoms with van der Waals surface area (Å²) in [5, 5.41) is 11.6. The number of amides is 1. The lowest BCUT2D eigenvalue weighted by atomic mass is 10.1. The van der Waals surface area contributed by atoms with Crippen molar-refractivity contribution in [2.75, 3.05) is 12.4 Å². The third kappa shape index (κ3) is 3.81. The van der Waals surface area contributed by atoms with Gasteiger partial charge < -0.3 is 19.9 Å². The number of hydrogen-bond donors (Lipinski definition) is 2. The molecule has 1 saturated heterocycles. The van der Waals surface area contributed by atoms with Crippen LogP contribution in [0.2, 0.25) is 0 Å². The van der Waals surface area contributed by atoms with Gasteiger partial charge in [-0.1, -0.05) is 22.0 Å². The third-order valence-corrected chi connectivity index (χ3v) is 4.00. The van der Waals surface area contributed by atoms with Crippen molar-refractivity contribution in [2.24, 2.45) is 0 Å². The van der Waals surface area contributed by atoms with Gasteiger partial charge in [0.05, 0.1) is 6.61 Å². The molecule has 21 heavy (non-hydrogen) atoms. The van der Waals surface area contributed by atoms with Crippen molar-refractivity contribution in [2.45, 2.75) is 31.7 Å². The van der Waals surface area contributed by atoms with Crippen molar-refractivity contribution in [1.29, 1.82) is 0 Å². The molecular formula is C14H16BrNO5. The number of ether oxygens (including phenoxy) is 2. The average Bonchev–Trinajstić information content (AvgIpc) is 2.92. The molecule has 1 amide bonds. The summed E-state index contributed by atoms with van der Waals surface area (Å²) in [6.07, 6.45) is -0.894. The molecule has 0 aliphatic carbocycles. The van der Waals surface area contributed by atoms with Gasteiger partial charge in [0, 0.05) is 22.8 Å². The second kappa shape index (κ2) is 7.02. The largest absolute Gasteiger partial charge is 0.479 e. The summed E-state index contributed by atoms with van der Waals surface area (Å²) >= 11 is 3.41. The molecule has 0 aromatic heterocycles. The van der Waals surface area contributed by atoms with Crippen LogP contribution in [0, 0.1) is 0 Å². The molecule has 0 spiro atoms. The van der Waals surface area contributed by atoms with Crippen LogP contribution in [0.15, 0.2) is 22.7 Å². The molecule has 2 rings (SSSR count). The summed E-state index contributed by atoms with van der Waals surface area (Å²) in [5.41, 5.74) is 1.44. The number of rotatable bonds is 5. The van der Waals surface area contributed by atoms with Crippen molar-refractivity contribution in [1.82, 2.24) is 0 Å². The van der Waals surface area contributed by atoms with Gasteiger partial charge in [-0.2, -0.15) is 0 Å². The van der Waals surface area contributed by atoms with Gasteiger partial charge in [-0.15, -0.1) is 0 Å². The number of methoxy groups -OCH3 is 1. The van der Waals surface area contributed by atoms with Crippen molar-refractivity contribution in [3.05, 3.63) is 28.2 Å². The summed E-state index contributed by atoms with van der Waals surface area (Å²) in [6.45, 7) is 0.348. The number of nitrogens with one attached hydrogen (secondary N) is 1. The molecule has 1 aromatic rings. The highest BCUT2D eigenvalue weighted by atomic mass is 79.9. The Morgan fingerprint density at radius 3 is 2.76 bits per heavy atom. The first-order valence-electron chi connectivity index (χ1n) is 6.48. The van der Waals surface area contributed by atoms with Gasteiger partial charge in [-0.3, -0.25) is 4.79 Å². The third-order valence-electron chi connectivity index (χ3n) is 3.25. The minimum absolute atomic E-state index is 0.339. The molecular weight excluding hydrogens is 342 g/mol. The second-order valence-electron chi connectivity index (χ2n) is 4.72. The number of carbonyl (C=O) groups is 2. The van der Waals surface area contributed by atoms with Crippen molar-refractivity contribution >= 4 is 33.5 Å². The number of anilines is 1. The lowest BCUT2D eigenvalue weighted by Gasteiger charge is -2.15. The molecule has 2 atom stereocenters. The van der Waals surface area contributed by atoms with Gasteiger partial charge in [0.15, 0.2) is 6.10 Å². The van der Waals surface area contributed by atoms with E-state index in [2.05, 4.69) is 21.2 Å². The van der Waals surface area contributed by atoms with Gasteiger partial charge in [0.2, 0.25) is 0 Å². The van der Waals surface area contributed by atoms with E-state index in [1.165, 1.54) is 0 Å². The van der Waals surface area contributed by atoms with Crippen LogP contribution in [0.3, 0.4) is 0 Å². The number of carboxylic acid groups (broad SMARTS) is 1. The normalized spacial score (nSPS) is 21.2. The standard InChI is InChI=1S/C14H16BrNO5/c1-20-7-8-9(15)3-2-4-10(8)16-13(17)11-5-6-12(21-11)14(18)19/h2-4,11-12H,5-7H2,1H3,(H,16,17)(H,18,19). The topological polar surface area (TPSA) is 84.9 Å². The molecule has 0 saturated carbocycles. The fourth-order valence-corrected chi connectivity index (χ4v) is 2.67. The van der Waals surface area contributed by atoms with Crippen molar-refractivity contribution < 1.29 is 24.2 Å². The Labute approximate surface area is 130 Å². The molecule has 1 heterocycles. The molecule has 6 nitrogen and oxygen atoms in total. The lowest BCUT2D eigenvalue weighted by Crippen LogP contribution is -2.30. The number of carboxylic acids is 1. The van der Waals surface area contributed by atoms with Gasteiger partial charge >= 0.3 is 5.97 Å². The van der Waals surface area contributed by atoms with Crippen molar-refractivity contribution in [3.8, 4) is 0 Å². The Hall–Kier alpha value is -1.44. The molecule has 2 N–H and O–H groups in total. The maximum absolute atomic E-state index is 12.2. The molecule has 7 heteroatoms. The Morgan fingerprint density at radius 2 is 2.14 bits per heavy atom. The zero-order valence-electron chi connectivity index (χ0n) is 11.5. The SMILES string of the molecule is COCc1c(Br)cccc1NC(=O)C1CCC(C(=O)O)O1. The molecule has 1 aliphatic heterocycles. The van der Waals surface area contributed by atoms with Crippen LogP contribution >= 0.6 is 15.9 Å². The van der Waals surface area contributed by atoms with E-state index in [-0.39, 0.29) is 5.91 Å². The van der Waals surface area contributed by atoms with E-state index < -0.39 is 18.2 Å². The van der Waals surface area contributed by atoms with Crippen molar-refractivity contribution in [3.63, 3.8) is 0 Å². The van der Waals surface area contributed by atoms with Gasteiger partial charge in [-0.05, 0) is 25.0 Å². The lowest BCUT2D eigenvalue weighted by molar-refractivity contribution is -0.150. The molecule has 114 valence electrons. The summed E-state index contributed by atoms with van der Waals surface area (Å²) < 4.78 is 11.2. The number of benzene rings is 1.